The Balaban J connectivity index is 1.71. The monoisotopic (exact) mass is 359 g/mol. The Morgan fingerprint density at radius 2 is 2.04 bits per heavy atom. The van der Waals surface area contributed by atoms with E-state index in [4.69, 9.17) is 21.1 Å². The Kier molecular flexibility index (Phi) is 4.95. The third-order valence-electron chi connectivity index (χ3n) is 3.75. The van der Waals surface area contributed by atoms with Gasteiger partial charge in [-0.3, -0.25) is 4.79 Å². The summed E-state index contributed by atoms with van der Waals surface area (Å²) in [6, 6.07) is 12.1. The molecule has 3 rings (SSSR count). The largest absolute Gasteiger partial charge is 0.489 e. The molecule has 1 N–H and O–H groups in total. The van der Waals surface area contributed by atoms with E-state index in [1.165, 1.54) is 0 Å². The van der Waals surface area contributed by atoms with Gasteiger partial charge in [-0.15, -0.1) is 0 Å². The van der Waals surface area contributed by atoms with Crippen molar-refractivity contribution in [1.29, 1.82) is 0 Å². The Bertz CT molecular complexity index is 819. The van der Waals surface area contributed by atoms with Crippen molar-refractivity contribution in [2.45, 2.75) is 32.5 Å². The molecule has 1 aliphatic heterocycles. The van der Waals surface area contributed by atoms with Crippen molar-refractivity contribution in [2.24, 2.45) is 0 Å². The van der Waals surface area contributed by atoms with Gasteiger partial charge in [-0.25, -0.2) is 4.79 Å². The number of hydrogen-bond donors (Lipinski definition) is 1. The molecule has 0 spiro atoms. The Morgan fingerprint density at radius 3 is 2.76 bits per heavy atom. The van der Waals surface area contributed by atoms with Crippen LogP contribution in [0.5, 0.6) is 5.75 Å². The lowest BCUT2D eigenvalue weighted by atomic mass is 9.98. The molecule has 1 heterocycles. The van der Waals surface area contributed by atoms with Gasteiger partial charge in [0.05, 0.1) is 16.7 Å². The summed E-state index contributed by atoms with van der Waals surface area (Å²) in [5, 5.41) is 3.13. The number of carbonyl (C=O) groups is 2. The van der Waals surface area contributed by atoms with Gasteiger partial charge in [0.25, 0.3) is 5.91 Å². The van der Waals surface area contributed by atoms with Crippen LogP contribution in [0.1, 0.15) is 29.8 Å². The number of amides is 1. The minimum absolute atomic E-state index is 0.000314. The molecule has 25 heavy (non-hydrogen) atoms. The number of benzene rings is 2. The topological polar surface area (TPSA) is 64.6 Å². The molecule has 5 nitrogen and oxygen atoms in total. The lowest BCUT2D eigenvalue weighted by molar-refractivity contribution is -0.125. The van der Waals surface area contributed by atoms with Crippen molar-refractivity contribution in [3.8, 4) is 5.75 Å². The number of carbonyl (C=O) groups excluding carboxylic acids is 2. The van der Waals surface area contributed by atoms with Gasteiger partial charge < -0.3 is 14.8 Å². The number of ether oxygens (including phenoxy) is 2. The predicted octanol–water partition coefficient (Wildman–Crippen LogP) is 3.85. The molecule has 2 aromatic rings. The molecular weight excluding hydrogens is 342 g/mol. The molecular formula is C19H18ClNO4. The number of fused-ring (bicyclic) bond motifs is 1. The first kappa shape index (κ1) is 17.3. The fraction of sp³-hybridized carbons (Fsp3) is 0.263. The maximum atomic E-state index is 12.4. The minimum atomic E-state index is -0.868. The quantitative estimate of drug-likeness (QED) is 0.842. The second-order valence-corrected chi connectivity index (χ2v) is 6.46. The lowest BCUT2D eigenvalue weighted by Gasteiger charge is -2.23. The van der Waals surface area contributed by atoms with Crippen LogP contribution in [0.3, 0.4) is 0 Å². The minimum Gasteiger partial charge on any atom is -0.489 e. The highest BCUT2D eigenvalue weighted by Crippen LogP contribution is 2.29. The van der Waals surface area contributed by atoms with Crippen molar-refractivity contribution >= 4 is 29.2 Å². The maximum Gasteiger partial charge on any atom is 0.339 e. The van der Waals surface area contributed by atoms with E-state index in [0.717, 1.165) is 5.56 Å². The van der Waals surface area contributed by atoms with Crippen molar-refractivity contribution in [3.63, 3.8) is 0 Å². The van der Waals surface area contributed by atoms with Gasteiger partial charge in [-0.1, -0.05) is 29.8 Å². The molecule has 0 bridgehead atoms. The van der Waals surface area contributed by atoms with Crippen LogP contribution in [0.25, 0.3) is 0 Å². The predicted molar refractivity (Wildman–Crippen MR) is 95.2 cm³/mol. The van der Waals surface area contributed by atoms with Gasteiger partial charge in [-0.2, -0.15) is 0 Å². The van der Waals surface area contributed by atoms with E-state index in [9.17, 15) is 9.59 Å². The van der Waals surface area contributed by atoms with Crippen LogP contribution in [0, 0.1) is 0 Å². The number of nitrogens with one attached hydrogen (secondary N) is 1. The molecule has 1 aliphatic rings. The summed E-state index contributed by atoms with van der Waals surface area (Å²) >= 11 is 6.17. The van der Waals surface area contributed by atoms with Gasteiger partial charge in [0.15, 0.2) is 6.10 Å². The summed E-state index contributed by atoms with van der Waals surface area (Å²) in [5.74, 6) is -0.329. The van der Waals surface area contributed by atoms with E-state index in [1.54, 1.807) is 30.3 Å². The van der Waals surface area contributed by atoms with Crippen molar-refractivity contribution in [2.75, 3.05) is 5.32 Å². The van der Waals surface area contributed by atoms with E-state index in [2.05, 4.69) is 5.32 Å². The number of hydrogen-bond acceptors (Lipinski definition) is 4. The molecule has 0 saturated carbocycles. The molecule has 1 amide bonds. The molecule has 6 heteroatoms. The molecule has 0 aliphatic carbocycles. The average molecular weight is 360 g/mol. The van der Waals surface area contributed by atoms with E-state index in [1.807, 2.05) is 26.0 Å². The van der Waals surface area contributed by atoms with E-state index in [0.29, 0.717) is 28.4 Å². The van der Waals surface area contributed by atoms with E-state index >= 15 is 0 Å². The number of halogens is 1. The van der Waals surface area contributed by atoms with Gasteiger partial charge in [0, 0.05) is 12.1 Å². The molecule has 0 saturated heterocycles. The van der Waals surface area contributed by atoms with Gasteiger partial charge >= 0.3 is 5.97 Å². The van der Waals surface area contributed by atoms with Crippen molar-refractivity contribution in [1.82, 2.24) is 0 Å². The number of rotatable bonds is 4. The third kappa shape index (κ3) is 3.94. The zero-order chi connectivity index (χ0) is 18.0. The van der Waals surface area contributed by atoms with Gasteiger partial charge in [0.2, 0.25) is 0 Å². The molecule has 0 radical (unpaired) electrons. The van der Waals surface area contributed by atoms with Crippen LogP contribution in [0.4, 0.5) is 5.69 Å². The molecule has 2 aromatic carbocycles. The summed E-state index contributed by atoms with van der Waals surface area (Å²) in [6.45, 7) is 3.81. The molecule has 1 unspecified atom stereocenters. The highest BCUT2D eigenvalue weighted by Gasteiger charge is 2.31. The first-order valence-corrected chi connectivity index (χ1v) is 8.38. The SMILES string of the molecule is CC(C)Oc1ccc(NC(=O)C2Cc3ccccc3C(=O)O2)cc1Cl. The van der Waals surface area contributed by atoms with Crippen molar-refractivity contribution < 1.29 is 19.1 Å². The molecule has 1 atom stereocenters. The summed E-state index contributed by atoms with van der Waals surface area (Å²) < 4.78 is 10.8. The summed E-state index contributed by atoms with van der Waals surface area (Å²) in [7, 11) is 0. The van der Waals surface area contributed by atoms with E-state index < -0.39 is 18.0 Å². The third-order valence-corrected chi connectivity index (χ3v) is 4.04. The Morgan fingerprint density at radius 1 is 1.28 bits per heavy atom. The van der Waals surface area contributed by atoms with Gasteiger partial charge in [-0.05, 0) is 43.7 Å². The van der Waals surface area contributed by atoms with Crippen LogP contribution >= 0.6 is 11.6 Å². The van der Waals surface area contributed by atoms with Crippen LogP contribution in [0.2, 0.25) is 5.02 Å². The number of esters is 1. The second-order valence-electron chi connectivity index (χ2n) is 6.06. The lowest BCUT2D eigenvalue weighted by Crippen LogP contribution is -2.37. The van der Waals surface area contributed by atoms with Crippen LogP contribution in [-0.4, -0.2) is 24.1 Å². The van der Waals surface area contributed by atoms with Crippen LogP contribution in [-0.2, 0) is 16.0 Å². The standard InChI is InChI=1S/C19H18ClNO4/c1-11(2)24-16-8-7-13(10-15(16)20)21-18(22)17-9-12-5-3-4-6-14(12)19(23)25-17/h3-8,10-11,17H,9H2,1-2H3,(H,21,22). The first-order valence-electron chi connectivity index (χ1n) is 8.00. The number of cyclic esters (lactones) is 1. The van der Waals surface area contributed by atoms with Crippen LogP contribution in [0.15, 0.2) is 42.5 Å². The summed E-state index contributed by atoms with van der Waals surface area (Å²) in [6.07, 6.45) is -0.525. The molecule has 130 valence electrons. The summed E-state index contributed by atoms with van der Waals surface area (Å²) in [5.41, 5.74) is 1.82. The Labute approximate surface area is 150 Å². The maximum absolute atomic E-state index is 12.4. The van der Waals surface area contributed by atoms with Crippen LogP contribution < -0.4 is 10.1 Å². The fourth-order valence-corrected chi connectivity index (χ4v) is 2.85. The van der Waals surface area contributed by atoms with Gasteiger partial charge in [0.1, 0.15) is 5.75 Å². The summed E-state index contributed by atoms with van der Waals surface area (Å²) in [4.78, 5) is 24.4. The normalized spacial score (nSPS) is 16.2. The first-order chi connectivity index (χ1) is 11.9. The zero-order valence-electron chi connectivity index (χ0n) is 13.9. The molecule has 0 fully saturated rings. The number of anilines is 1. The van der Waals surface area contributed by atoms with Crippen molar-refractivity contribution in [3.05, 3.63) is 58.6 Å². The smallest absolute Gasteiger partial charge is 0.339 e. The average Bonchev–Trinajstić information content (AvgIpc) is 2.57. The van der Waals surface area contributed by atoms with E-state index in [-0.39, 0.29) is 6.10 Å². The zero-order valence-corrected chi connectivity index (χ0v) is 14.7. The highest BCUT2D eigenvalue weighted by molar-refractivity contribution is 6.32. The second kappa shape index (κ2) is 7.15. The molecule has 0 aromatic heterocycles. The highest BCUT2D eigenvalue weighted by atomic mass is 35.5. The Hall–Kier alpha value is -2.53. The fourth-order valence-electron chi connectivity index (χ4n) is 2.63.